The van der Waals surface area contributed by atoms with E-state index >= 15 is 0 Å². The van der Waals surface area contributed by atoms with Crippen molar-refractivity contribution in [2.75, 3.05) is 18.0 Å². The molecule has 1 aromatic carbocycles. The minimum absolute atomic E-state index is 0.787. The van der Waals surface area contributed by atoms with Crippen LogP contribution in [-0.2, 0) is 13.1 Å². The molecule has 3 rings (SSSR count). The lowest BCUT2D eigenvalue weighted by molar-refractivity contribution is -0.681. The third-order valence-electron chi connectivity index (χ3n) is 4.53. The van der Waals surface area contributed by atoms with Crippen molar-refractivity contribution in [2.24, 2.45) is 10.2 Å². The van der Waals surface area contributed by atoms with Gasteiger partial charge in [0.25, 0.3) is 0 Å². The summed E-state index contributed by atoms with van der Waals surface area (Å²) in [4.78, 5) is 2.48. The molecule has 0 N–H and O–H groups in total. The molecule has 2 aromatic rings. The van der Waals surface area contributed by atoms with E-state index in [1.54, 1.807) is 6.33 Å². The molecule has 6 nitrogen and oxygen atoms in total. The number of hydrogen-bond donors (Lipinski definition) is 0. The molecular weight excluding hydrogens is 300 g/mol. The summed E-state index contributed by atoms with van der Waals surface area (Å²) in [5.41, 5.74) is 2.16. The van der Waals surface area contributed by atoms with Crippen LogP contribution >= 0.6 is 0 Å². The Morgan fingerprint density at radius 3 is 2.33 bits per heavy atom. The summed E-state index contributed by atoms with van der Waals surface area (Å²) in [5, 5.41) is 13.1. The standard InChI is InChI=1S/C18H27N6/c1-3-22-15-19-24(4-2)18(22)21-20-16-9-11-17(12-10-16)23-13-7-5-6-8-14-23/h9-12,15H,3-8,13-14H2,1-2H3/q+1. The van der Waals surface area contributed by atoms with Gasteiger partial charge < -0.3 is 4.90 Å². The summed E-state index contributed by atoms with van der Waals surface area (Å²) in [7, 11) is 0. The molecule has 1 aromatic heterocycles. The highest BCUT2D eigenvalue weighted by Crippen LogP contribution is 2.23. The Kier molecular flexibility index (Phi) is 5.56. The van der Waals surface area contributed by atoms with Crippen LogP contribution in [-0.4, -0.2) is 22.9 Å². The number of rotatable bonds is 5. The fourth-order valence-electron chi connectivity index (χ4n) is 3.09. The molecule has 6 heteroatoms. The number of benzene rings is 1. The van der Waals surface area contributed by atoms with E-state index in [9.17, 15) is 0 Å². The summed E-state index contributed by atoms with van der Waals surface area (Å²) >= 11 is 0. The monoisotopic (exact) mass is 327 g/mol. The molecule has 1 aliphatic rings. The maximum absolute atomic E-state index is 4.41. The Morgan fingerprint density at radius 1 is 1.00 bits per heavy atom. The van der Waals surface area contributed by atoms with Gasteiger partial charge >= 0.3 is 5.95 Å². The minimum Gasteiger partial charge on any atom is -0.372 e. The highest BCUT2D eigenvalue weighted by molar-refractivity contribution is 5.52. The molecule has 0 saturated carbocycles. The fourth-order valence-corrected chi connectivity index (χ4v) is 3.09. The van der Waals surface area contributed by atoms with E-state index in [0.29, 0.717) is 0 Å². The first kappa shape index (κ1) is 16.6. The van der Waals surface area contributed by atoms with Crippen LogP contribution in [0, 0.1) is 0 Å². The van der Waals surface area contributed by atoms with Crippen molar-refractivity contribution in [3.63, 3.8) is 0 Å². The van der Waals surface area contributed by atoms with Crippen LogP contribution in [0.2, 0.25) is 0 Å². The molecule has 1 fully saturated rings. The van der Waals surface area contributed by atoms with Crippen molar-refractivity contribution in [1.29, 1.82) is 0 Å². The predicted octanol–water partition coefficient (Wildman–Crippen LogP) is 4.01. The summed E-state index contributed by atoms with van der Waals surface area (Å²) < 4.78 is 3.86. The quantitative estimate of drug-likeness (QED) is 0.615. The zero-order valence-corrected chi connectivity index (χ0v) is 14.7. The smallest absolute Gasteiger partial charge is 0.372 e. The maximum atomic E-state index is 4.41. The highest BCUT2D eigenvalue weighted by atomic mass is 15.4. The molecule has 1 aliphatic heterocycles. The third-order valence-corrected chi connectivity index (χ3v) is 4.53. The SMILES string of the molecule is CCn1nc[n+](CC)c1N=Nc1ccc(N2CCCCCC2)cc1. The van der Waals surface area contributed by atoms with Crippen molar-refractivity contribution in [3.8, 4) is 0 Å². The lowest BCUT2D eigenvalue weighted by Crippen LogP contribution is -2.30. The van der Waals surface area contributed by atoms with Crippen LogP contribution in [0.25, 0.3) is 0 Å². The highest BCUT2D eigenvalue weighted by Gasteiger charge is 2.15. The van der Waals surface area contributed by atoms with Gasteiger partial charge in [-0.25, -0.2) is 4.57 Å². The van der Waals surface area contributed by atoms with Crippen molar-refractivity contribution >= 4 is 17.3 Å². The van der Waals surface area contributed by atoms with Crippen LogP contribution in [0.5, 0.6) is 0 Å². The van der Waals surface area contributed by atoms with Gasteiger partial charge in [0, 0.05) is 23.9 Å². The second-order valence-corrected chi connectivity index (χ2v) is 6.15. The van der Waals surface area contributed by atoms with E-state index < -0.39 is 0 Å². The van der Waals surface area contributed by atoms with Crippen molar-refractivity contribution in [1.82, 2.24) is 9.78 Å². The van der Waals surface area contributed by atoms with Gasteiger partial charge in [0.1, 0.15) is 0 Å². The molecule has 1 saturated heterocycles. The van der Waals surface area contributed by atoms with Crippen LogP contribution in [0.4, 0.5) is 17.3 Å². The minimum atomic E-state index is 0.787. The average Bonchev–Trinajstić information content (AvgIpc) is 2.83. The Morgan fingerprint density at radius 2 is 1.71 bits per heavy atom. The number of aryl methyl sites for hydroxylation is 2. The fraction of sp³-hybridized carbons (Fsp3) is 0.556. The van der Waals surface area contributed by atoms with Gasteiger partial charge in [-0.2, -0.15) is 0 Å². The van der Waals surface area contributed by atoms with Gasteiger partial charge in [-0.05, 0) is 56.1 Å². The van der Waals surface area contributed by atoms with Gasteiger partial charge in [-0.3, -0.25) is 0 Å². The van der Waals surface area contributed by atoms with Crippen molar-refractivity contribution in [3.05, 3.63) is 30.6 Å². The van der Waals surface area contributed by atoms with Crippen LogP contribution in [0.3, 0.4) is 0 Å². The van der Waals surface area contributed by atoms with E-state index in [2.05, 4.69) is 46.2 Å². The zero-order chi connectivity index (χ0) is 16.8. The zero-order valence-electron chi connectivity index (χ0n) is 14.7. The Balaban J connectivity index is 1.73. The normalized spacial score (nSPS) is 15.8. The maximum Gasteiger partial charge on any atom is 0.403 e. The van der Waals surface area contributed by atoms with Crippen LogP contribution in [0.1, 0.15) is 39.5 Å². The second kappa shape index (κ2) is 8.04. The lowest BCUT2D eigenvalue weighted by atomic mass is 10.2. The molecule has 0 spiro atoms. The second-order valence-electron chi connectivity index (χ2n) is 6.15. The number of aromatic nitrogens is 3. The number of nitrogens with zero attached hydrogens (tertiary/aromatic N) is 6. The van der Waals surface area contributed by atoms with E-state index in [-0.39, 0.29) is 0 Å². The van der Waals surface area contributed by atoms with Gasteiger partial charge in [-0.1, -0.05) is 18.0 Å². The molecule has 2 heterocycles. The first-order valence-corrected chi connectivity index (χ1v) is 9.03. The van der Waals surface area contributed by atoms with Gasteiger partial charge in [0.15, 0.2) is 0 Å². The molecule has 24 heavy (non-hydrogen) atoms. The molecule has 0 atom stereocenters. The molecule has 0 unspecified atom stereocenters. The predicted molar refractivity (Wildman–Crippen MR) is 95.1 cm³/mol. The molecule has 0 bridgehead atoms. The van der Waals surface area contributed by atoms with Gasteiger partial charge in [0.05, 0.1) is 18.8 Å². The summed E-state index contributed by atoms with van der Waals surface area (Å²) in [6, 6.07) is 8.41. The lowest BCUT2D eigenvalue weighted by Gasteiger charge is -2.22. The van der Waals surface area contributed by atoms with Crippen molar-refractivity contribution in [2.45, 2.75) is 52.6 Å². The third kappa shape index (κ3) is 3.80. The van der Waals surface area contributed by atoms with Gasteiger partial charge in [0.2, 0.25) is 6.33 Å². The molecule has 0 aliphatic carbocycles. The molecule has 0 radical (unpaired) electrons. The molecular formula is C18H27N6+. The number of azo groups is 1. The summed E-state index contributed by atoms with van der Waals surface area (Å²) in [6.45, 7) is 8.08. The number of anilines is 1. The number of hydrogen-bond acceptors (Lipinski definition) is 4. The molecule has 128 valence electrons. The first-order chi connectivity index (χ1) is 11.8. The van der Waals surface area contributed by atoms with Gasteiger partial charge in [-0.15, -0.1) is 4.68 Å². The van der Waals surface area contributed by atoms with E-state index in [0.717, 1.165) is 37.8 Å². The average molecular weight is 327 g/mol. The van der Waals surface area contributed by atoms with Crippen LogP contribution < -0.4 is 9.47 Å². The summed E-state index contributed by atoms with van der Waals surface area (Å²) in [5.74, 6) is 0.789. The topological polar surface area (TPSA) is 49.7 Å². The van der Waals surface area contributed by atoms with E-state index in [1.165, 1.54) is 31.4 Å². The van der Waals surface area contributed by atoms with Crippen molar-refractivity contribution < 1.29 is 4.57 Å². The Bertz CT molecular complexity index is 644. The summed E-state index contributed by atoms with van der Waals surface area (Å²) in [6.07, 6.45) is 7.09. The first-order valence-electron chi connectivity index (χ1n) is 9.03. The largest absolute Gasteiger partial charge is 0.403 e. The Hall–Kier alpha value is -2.24. The van der Waals surface area contributed by atoms with E-state index in [1.807, 2.05) is 21.4 Å². The molecule has 0 amide bonds. The Labute approximate surface area is 143 Å². The van der Waals surface area contributed by atoms with Crippen LogP contribution in [0.15, 0.2) is 40.8 Å². The van der Waals surface area contributed by atoms with E-state index in [4.69, 9.17) is 0 Å².